The quantitative estimate of drug-likeness (QED) is 0.478. The lowest BCUT2D eigenvalue weighted by Crippen LogP contribution is -2.38. The molecule has 0 spiro atoms. The van der Waals surface area contributed by atoms with Crippen molar-refractivity contribution in [2.75, 3.05) is 19.4 Å². The average molecular weight is 423 g/mol. The highest BCUT2D eigenvalue weighted by atomic mass is 16.5. The number of carboxylic acid groups (broad SMARTS) is 1. The number of carbonyl (C=O) groups is 1. The van der Waals surface area contributed by atoms with Crippen molar-refractivity contribution in [2.24, 2.45) is 0 Å². The first-order chi connectivity index (χ1) is 15.0. The Labute approximate surface area is 176 Å². The van der Waals surface area contributed by atoms with Gasteiger partial charge in [-0.3, -0.25) is 9.47 Å². The van der Waals surface area contributed by atoms with Crippen LogP contribution in [0.25, 0.3) is 16.6 Å². The van der Waals surface area contributed by atoms with Gasteiger partial charge >= 0.3 is 5.97 Å². The summed E-state index contributed by atoms with van der Waals surface area (Å²) in [6.07, 6.45) is 0.752. The van der Waals surface area contributed by atoms with Crippen molar-refractivity contribution in [2.45, 2.75) is 32.5 Å². The van der Waals surface area contributed by atoms with Crippen molar-refractivity contribution in [1.29, 1.82) is 0 Å². The molecule has 0 bridgehead atoms. The van der Waals surface area contributed by atoms with E-state index in [2.05, 4.69) is 25.2 Å². The van der Waals surface area contributed by atoms with Crippen LogP contribution < -0.4 is 10.5 Å². The molecule has 12 nitrogen and oxygen atoms in total. The molecule has 1 aromatic carbocycles. The number of nitrogens with zero attached hydrogens (tertiary/aromatic N) is 8. The minimum atomic E-state index is -1.07. The molecular weight excluding hydrogens is 402 g/mol. The average Bonchev–Trinajstić information content (AvgIpc) is 3.38. The molecule has 12 heteroatoms. The Balaban J connectivity index is 1.50. The number of hydrogen-bond donors (Lipinski definition) is 2. The lowest BCUT2D eigenvalue weighted by molar-refractivity contribution is 0.0665. The summed E-state index contributed by atoms with van der Waals surface area (Å²) in [6, 6.07) is 5.56. The van der Waals surface area contributed by atoms with Gasteiger partial charge in [0.25, 0.3) is 0 Å². The fourth-order valence-corrected chi connectivity index (χ4v) is 4.14. The summed E-state index contributed by atoms with van der Waals surface area (Å²) in [4.78, 5) is 22.7. The van der Waals surface area contributed by atoms with Crippen molar-refractivity contribution in [3.05, 3.63) is 35.7 Å². The second-order valence-corrected chi connectivity index (χ2v) is 7.44. The van der Waals surface area contributed by atoms with Crippen molar-refractivity contribution in [3.63, 3.8) is 0 Å². The normalized spacial score (nSPS) is 16.6. The molecule has 0 radical (unpaired) electrons. The molecule has 5 rings (SSSR count). The van der Waals surface area contributed by atoms with Crippen LogP contribution in [0.4, 0.5) is 5.95 Å². The highest BCUT2D eigenvalue weighted by Crippen LogP contribution is 2.28. The van der Waals surface area contributed by atoms with E-state index in [0.29, 0.717) is 48.2 Å². The molecule has 0 amide bonds. The summed E-state index contributed by atoms with van der Waals surface area (Å²) in [7, 11) is 1.58. The van der Waals surface area contributed by atoms with Crippen LogP contribution >= 0.6 is 0 Å². The van der Waals surface area contributed by atoms with Gasteiger partial charge < -0.3 is 15.6 Å². The Bertz CT molecular complexity index is 1310. The molecule has 0 saturated carbocycles. The van der Waals surface area contributed by atoms with E-state index in [9.17, 15) is 9.90 Å². The van der Waals surface area contributed by atoms with Crippen LogP contribution in [0.2, 0.25) is 0 Å². The topological polar surface area (TPSA) is 150 Å². The molecule has 0 fully saturated rings. The summed E-state index contributed by atoms with van der Waals surface area (Å²) < 4.78 is 8.65. The Morgan fingerprint density at radius 3 is 2.90 bits per heavy atom. The van der Waals surface area contributed by atoms with E-state index >= 15 is 0 Å². The molecule has 0 aliphatic carbocycles. The Morgan fingerprint density at radius 2 is 2.16 bits per heavy atom. The molecular formula is C19H21N9O3. The lowest BCUT2D eigenvalue weighted by Gasteiger charge is -2.32. The van der Waals surface area contributed by atoms with Crippen molar-refractivity contribution < 1.29 is 14.6 Å². The molecule has 3 aromatic heterocycles. The Morgan fingerprint density at radius 1 is 1.32 bits per heavy atom. The molecule has 1 aliphatic heterocycles. The van der Waals surface area contributed by atoms with Gasteiger partial charge in [0, 0.05) is 18.0 Å². The van der Waals surface area contributed by atoms with E-state index in [4.69, 9.17) is 15.5 Å². The molecule has 1 atom stereocenters. The Kier molecular flexibility index (Phi) is 4.43. The van der Waals surface area contributed by atoms with Crippen molar-refractivity contribution in [3.8, 4) is 5.75 Å². The molecule has 3 N–H and O–H groups in total. The molecule has 160 valence electrons. The van der Waals surface area contributed by atoms with Gasteiger partial charge in [-0.1, -0.05) is 13.0 Å². The molecule has 31 heavy (non-hydrogen) atoms. The smallest absolute Gasteiger partial charge is 0.374 e. The first-order valence-electron chi connectivity index (χ1n) is 9.87. The SMILES string of the molecule is CCC1CN(Cc2nc3c4cccc(OC)c4nc(N)n3n2)Cc2nnc(C(=O)O)n21. The first-order valence-corrected chi connectivity index (χ1v) is 9.87. The number of nitrogen functional groups attached to an aromatic ring is 1. The van der Waals surface area contributed by atoms with E-state index in [-0.39, 0.29) is 17.8 Å². The zero-order valence-electron chi connectivity index (χ0n) is 17.1. The van der Waals surface area contributed by atoms with Crippen molar-refractivity contribution in [1.82, 2.24) is 39.2 Å². The van der Waals surface area contributed by atoms with Crippen LogP contribution in [-0.4, -0.2) is 64.0 Å². The number of ether oxygens (including phenoxy) is 1. The van der Waals surface area contributed by atoms with Crippen LogP contribution in [0.15, 0.2) is 18.2 Å². The number of benzene rings is 1. The van der Waals surface area contributed by atoms with Crippen LogP contribution in [0.3, 0.4) is 0 Å². The number of anilines is 1. The largest absolute Gasteiger partial charge is 0.494 e. The lowest BCUT2D eigenvalue weighted by atomic mass is 10.1. The minimum Gasteiger partial charge on any atom is -0.494 e. The standard InChI is InChI=1S/C19H21N9O3/c1-3-10-7-26(9-14-23-24-17(18(29)30)27(10)14)8-13-21-16-11-5-4-6-12(31-2)15(11)22-19(20)28(16)25-13/h4-6,10H,3,7-9H2,1-2H3,(H2,20,22)(H,29,30). The first kappa shape index (κ1) is 19.2. The maximum Gasteiger partial charge on any atom is 0.374 e. The molecule has 1 aliphatic rings. The number of aromatic carboxylic acids is 1. The number of fused-ring (bicyclic) bond motifs is 4. The fraction of sp³-hybridized carbons (Fsp3) is 0.368. The van der Waals surface area contributed by atoms with Gasteiger partial charge in [-0.2, -0.15) is 4.52 Å². The predicted molar refractivity (Wildman–Crippen MR) is 110 cm³/mol. The van der Waals surface area contributed by atoms with Gasteiger partial charge in [0.15, 0.2) is 11.5 Å². The van der Waals surface area contributed by atoms with E-state index in [1.165, 1.54) is 4.52 Å². The molecule has 4 heterocycles. The number of aromatic nitrogens is 7. The number of hydrogen-bond acceptors (Lipinski definition) is 9. The maximum absolute atomic E-state index is 11.5. The molecule has 0 saturated heterocycles. The fourth-order valence-electron chi connectivity index (χ4n) is 4.14. The number of nitrogens with two attached hydrogens (primary N) is 1. The van der Waals surface area contributed by atoms with Gasteiger partial charge in [-0.25, -0.2) is 14.8 Å². The minimum absolute atomic E-state index is 0.0216. The highest BCUT2D eigenvalue weighted by molar-refractivity contribution is 5.95. The van der Waals surface area contributed by atoms with E-state index in [1.54, 1.807) is 11.7 Å². The molecule has 4 aromatic rings. The highest BCUT2D eigenvalue weighted by Gasteiger charge is 2.31. The number of rotatable bonds is 5. The zero-order chi connectivity index (χ0) is 21.7. The second kappa shape index (κ2) is 7.16. The van der Waals surface area contributed by atoms with Gasteiger partial charge in [0.05, 0.1) is 20.2 Å². The Hall–Kier alpha value is -3.80. The number of para-hydroxylation sites is 1. The number of methoxy groups -OCH3 is 1. The van der Waals surface area contributed by atoms with Crippen LogP contribution in [0.5, 0.6) is 5.75 Å². The van der Waals surface area contributed by atoms with Crippen LogP contribution in [0.1, 0.15) is 41.7 Å². The van der Waals surface area contributed by atoms with Gasteiger partial charge in [-0.15, -0.1) is 15.3 Å². The van der Waals surface area contributed by atoms with E-state index in [0.717, 1.165) is 11.8 Å². The van der Waals surface area contributed by atoms with Gasteiger partial charge in [0.1, 0.15) is 17.1 Å². The van der Waals surface area contributed by atoms with E-state index in [1.807, 2.05) is 25.1 Å². The summed E-state index contributed by atoms with van der Waals surface area (Å²) in [5.74, 6) is 0.957. The third-order valence-corrected chi connectivity index (χ3v) is 5.55. The summed E-state index contributed by atoms with van der Waals surface area (Å²) in [5.41, 5.74) is 7.37. The second-order valence-electron chi connectivity index (χ2n) is 7.44. The monoisotopic (exact) mass is 423 g/mol. The summed E-state index contributed by atoms with van der Waals surface area (Å²) in [6.45, 7) is 3.56. The number of carboxylic acids is 1. The summed E-state index contributed by atoms with van der Waals surface area (Å²) >= 11 is 0. The van der Waals surface area contributed by atoms with Gasteiger partial charge in [-0.05, 0) is 18.6 Å². The maximum atomic E-state index is 11.5. The predicted octanol–water partition coefficient (Wildman–Crippen LogP) is 1.12. The van der Waals surface area contributed by atoms with Crippen LogP contribution in [-0.2, 0) is 13.1 Å². The van der Waals surface area contributed by atoms with Gasteiger partial charge in [0.2, 0.25) is 11.8 Å². The molecule has 1 unspecified atom stereocenters. The zero-order valence-corrected chi connectivity index (χ0v) is 17.1. The van der Waals surface area contributed by atoms with Crippen LogP contribution in [0, 0.1) is 0 Å². The summed E-state index contributed by atoms with van der Waals surface area (Å²) in [5, 5.41) is 22.7. The third kappa shape index (κ3) is 3.03. The van der Waals surface area contributed by atoms with Crippen molar-refractivity contribution >= 4 is 28.5 Å². The third-order valence-electron chi connectivity index (χ3n) is 5.55. The van der Waals surface area contributed by atoms with E-state index < -0.39 is 5.97 Å².